The number of ether oxygens (including phenoxy) is 2. The van der Waals surface area contributed by atoms with E-state index in [2.05, 4.69) is 15.3 Å². The number of fused-ring (bicyclic) bond motifs is 1. The van der Waals surface area contributed by atoms with Crippen LogP contribution in [-0.2, 0) is 14.3 Å². The predicted molar refractivity (Wildman–Crippen MR) is 126 cm³/mol. The number of para-hydroxylation sites is 1. The second kappa shape index (κ2) is 10.2. The summed E-state index contributed by atoms with van der Waals surface area (Å²) in [5, 5.41) is 4.12. The van der Waals surface area contributed by atoms with Crippen LogP contribution in [0, 0.1) is 0 Å². The first kappa shape index (κ1) is 23.0. The van der Waals surface area contributed by atoms with Gasteiger partial charge in [0, 0.05) is 11.1 Å². The zero-order valence-electron chi connectivity index (χ0n) is 18.2. The van der Waals surface area contributed by atoms with Gasteiger partial charge in [-0.05, 0) is 36.4 Å². The van der Waals surface area contributed by atoms with Crippen LogP contribution >= 0.6 is 11.8 Å². The van der Waals surface area contributed by atoms with Gasteiger partial charge in [-0.1, -0.05) is 30.0 Å². The van der Waals surface area contributed by atoms with Crippen LogP contribution < -0.4 is 5.32 Å². The van der Waals surface area contributed by atoms with E-state index in [9.17, 15) is 14.4 Å². The topological polar surface area (TPSA) is 121 Å². The van der Waals surface area contributed by atoms with E-state index in [4.69, 9.17) is 13.9 Å². The van der Waals surface area contributed by atoms with Crippen molar-refractivity contribution in [2.75, 3.05) is 25.3 Å². The van der Waals surface area contributed by atoms with Crippen LogP contribution in [0.5, 0.6) is 0 Å². The number of esters is 2. The fourth-order valence-corrected chi connectivity index (χ4v) is 3.99. The molecule has 0 aliphatic carbocycles. The molecule has 9 nitrogen and oxygen atoms in total. The molecule has 0 aliphatic heterocycles. The van der Waals surface area contributed by atoms with E-state index in [0.29, 0.717) is 16.6 Å². The molecular formula is C24H19N3O6S. The standard InChI is InChI=1S/C24H19N3O6S/c1-31-23(29)14-10-15(24(30)32-2)12-16(11-14)25-20(28)13-34-22-17-6-3-4-7-18(17)26-21(27-22)19-8-5-9-33-19/h3-12H,13H2,1-2H3,(H,25,28). The number of nitrogens with one attached hydrogen (secondary N) is 1. The van der Waals surface area contributed by atoms with E-state index in [1.165, 1.54) is 44.2 Å². The Morgan fingerprint density at radius 2 is 1.65 bits per heavy atom. The van der Waals surface area contributed by atoms with Crippen LogP contribution in [0.1, 0.15) is 20.7 Å². The maximum Gasteiger partial charge on any atom is 0.337 e. The molecule has 1 amide bonds. The number of nitrogens with zero attached hydrogens (tertiary/aromatic N) is 2. The van der Waals surface area contributed by atoms with E-state index in [-0.39, 0.29) is 28.5 Å². The molecule has 1 N–H and O–H groups in total. The lowest BCUT2D eigenvalue weighted by atomic mass is 10.1. The zero-order valence-corrected chi connectivity index (χ0v) is 19.0. The largest absolute Gasteiger partial charge is 0.465 e. The van der Waals surface area contributed by atoms with Crippen molar-refractivity contribution in [2.24, 2.45) is 0 Å². The maximum absolute atomic E-state index is 12.7. The van der Waals surface area contributed by atoms with Gasteiger partial charge in [-0.2, -0.15) is 0 Å². The number of rotatable bonds is 7. The van der Waals surface area contributed by atoms with E-state index < -0.39 is 11.9 Å². The van der Waals surface area contributed by atoms with Crippen molar-refractivity contribution in [2.45, 2.75) is 5.03 Å². The molecule has 34 heavy (non-hydrogen) atoms. The summed E-state index contributed by atoms with van der Waals surface area (Å²) in [5.74, 6) is -0.687. The van der Waals surface area contributed by atoms with Gasteiger partial charge in [-0.25, -0.2) is 19.6 Å². The fraction of sp³-hybridized carbons (Fsp3) is 0.125. The van der Waals surface area contributed by atoms with Crippen molar-refractivity contribution in [3.8, 4) is 11.6 Å². The minimum atomic E-state index is -0.645. The van der Waals surface area contributed by atoms with E-state index in [1.807, 2.05) is 24.3 Å². The molecule has 172 valence electrons. The number of carbonyl (C=O) groups is 3. The van der Waals surface area contributed by atoms with E-state index >= 15 is 0 Å². The molecule has 0 radical (unpaired) electrons. The van der Waals surface area contributed by atoms with Gasteiger partial charge < -0.3 is 19.2 Å². The number of hydrogen-bond donors (Lipinski definition) is 1. The predicted octanol–water partition coefficient (Wildman–Crippen LogP) is 4.19. The minimum Gasteiger partial charge on any atom is -0.465 e. The summed E-state index contributed by atoms with van der Waals surface area (Å²) in [7, 11) is 2.45. The Morgan fingerprint density at radius 1 is 0.941 bits per heavy atom. The van der Waals surface area contributed by atoms with Crippen LogP contribution in [0.25, 0.3) is 22.5 Å². The maximum atomic E-state index is 12.7. The highest BCUT2D eigenvalue weighted by atomic mass is 32.2. The van der Waals surface area contributed by atoms with Gasteiger partial charge in [-0.15, -0.1) is 0 Å². The van der Waals surface area contributed by atoms with E-state index in [0.717, 1.165) is 10.9 Å². The second-order valence-corrected chi connectivity index (χ2v) is 7.93. The van der Waals surface area contributed by atoms with Crippen molar-refractivity contribution >= 4 is 46.2 Å². The number of benzene rings is 2. The van der Waals surface area contributed by atoms with Gasteiger partial charge >= 0.3 is 11.9 Å². The Bertz CT molecular complexity index is 1340. The molecule has 4 rings (SSSR count). The quantitative estimate of drug-likeness (QED) is 0.237. The van der Waals surface area contributed by atoms with Gasteiger partial charge in [-0.3, -0.25) is 4.79 Å². The Kier molecular flexibility index (Phi) is 6.88. The van der Waals surface area contributed by atoms with Gasteiger partial charge in [0.25, 0.3) is 0 Å². The van der Waals surface area contributed by atoms with Crippen molar-refractivity contribution in [1.82, 2.24) is 9.97 Å². The first-order valence-electron chi connectivity index (χ1n) is 10.0. The average molecular weight is 477 g/mol. The van der Waals surface area contributed by atoms with Crippen molar-refractivity contribution < 1.29 is 28.3 Å². The molecule has 0 saturated heterocycles. The van der Waals surface area contributed by atoms with Gasteiger partial charge in [0.2, 0.25) is 5.91 Å². The summed E-state index contributed by atoms with van der Waals surface area (Å²) in [6.45, 7) is 0. The van der Waals surface area contributed by atoms with Gasteiger partial charge in [0.05, 0.1) is 42.9 Å². The first-order chi connectivity index (χ1) is 16.5. The number of aromatic nitrogens is 2. The molecule has 0 aliphatic rings. The average Bonchev–Trinajstić information content (AvgIpc) is 3.41. The molecule has 0 atom stereocenters. The Morgan fingerprint density at radius 3 is 2.29 bits per heavy atom. The van der Waals surface area contributed by atoms with Crippen molar-refractivity contribution in [1.29, 1.82) is 0 Å². The Hall–Kier alpha value is -4.18. The summed E-state index contributed by atoms with van der Waals surface area (Å²) in [6, 6.07) is 15.2. The molecule has 2 aromatic heterocycles. The van der Waals surface area contributed by atoms with Crippen LogP contribution in [0.15, 0.2) is 70.3 Å². The highest BCUT2D eigenvalue weighted by molar-refractivity contribution is 8.00. The Balaban J connectivity index is 1.56. The lowest BCUT2D eigenvalue weighted by Gasteiger charge is -2.10. The molecule has 0 spiro atoms. The lowest BCUT2D eigenvalue weighted by Crippen LogP contribution is -2.16. The SMILES string of the molecule is COC(=O)c1cc(NC(=O)CSc2nc(-c3ccco3)nc3ccccc23)cc(C(=O)OC)c1. The summed E-state index contributed by atoms with van der Waals surface area (Å²) in [5.41, 5.74) is 1.20. The van der Waals surface area contributed by atoms with E-state index in [1.54, 1.807) is 18.4 Å². The number of hydrogen-bond acceptors (Lipinski definition) is 9. The lowest BCUT2D eigenvalue weighted by molar-refractivity contribution is -0.113. The molecule has 0 fully saturated rings. The molecule has 2 heterocycles. The molecule has 2 aromatic carbocycles. The Labute approximate surface area is 198 Å². The zero-order chi connectivity index (χ0) is 24.1. The van der Waals surface area contributed by atoms with Crippen LogP contribution in [-0.4, -0.2) is 47.8 Å². The number of methoxy groups -OCH3 is 2. The second-order valence-electron chi connectivity index (χ2n) is 6.97. The molecule has 0 saturated carbocycles. The molecule has 10 heteroatoms. The number of thioether (sulfide) groups is 1. The number of anilines is 1. The third kappa shape index (κ3) is 5.07. The highest BCUT2D eigenvalue weighted by Gasteiger charge is 2.16. The molecule has 4 aromatic rings. The minimum absolute atomic E-state index is 0.0224. The molecule has 0 unspecified atom stereocenters. The smallest absolute Gasteiger partial charge is 0.337 e. The number of furan rings is 1. The van der Waals surface area contributed by atoms with Crippen LogP contribution in [0.4, 0.5) is 5.69 Å². The van der Waals surface area contributed by atoms with Crippen LogP contribution in [0.3, 0.4) is 0 Å². The van der Waals surface area contributed by atoms with Crippen molar-refractivity contribution in [3.63, 3.8) is 0 Å². The summed E-state index contributed by atoms with van der Waals surface area (Å²) in [4.78, 5) is 45.8. The normalized spacial score (nSPS) is 10.6. The van der Waals surface area contributed by atoms with Crippen LogP contribution in [0.2, 0.25) is 0 Å². The summed E-state index contributed by atoms with van der Waals surface area (Å²) < 4.78 is 14.9. The number of amides is 1. The highest BCUT2D eigenvalue weighted by Crippen LogP contribution is 2.28. The fourth-order valence-electron chi connectivity index (χ4n) is 3.18. The van der Waals surface area contributed by atoms with Gasteiger partial charge in [0.1, 0.15) is 5.03 Å². The molecular weight excluding hydrogens is 458 g/mol. The summed E-state index contributed by atoms with van der Waals surface area (Å²) >= 11 is 1.23. The van der Waals surface area contributed by atoms with Gasteiger partial charge in [0.15, 0.2) is 11.6 Å². The molecule has 0 bridgehead atoms. The van der Waals surface area contributed by atoms with Crippen molar-refractivity contribution in [3.05, 3.63) is 72.0 Å². The summed E-state index contributed by atoms with van der Waals surface area (Å²) in [6.07, 6.45) is 1.54. The first-order valence-corrected chi connectivity index (χ1v) is 11.0. The third-order valence-electron chi connectivity index (χ3n) is 4.71. The third-order valence-corrected chi connectivity index (χ3v) is 5.70. The number of carbonyl (C=O) groups excluding carboxylic acids is 3. The monoisotopic (exact) mass is 477 g/mol.